The highest BCUT2D eigenvalue weighted by atomic mass is 35.5. The van der Waals surface area contributed by atoms with Crippen molar-refractivity contribution in [2.75, 3.05) is 10.7 Å². The molecule has 0 unspecified atom stereocenters. The summed E-state index contributed by atoms with van der Waals surface area (Å²) in [6, 6.07) is 13.5. The quantitative estimate of drug-likeness (QED) is 0.648. The molecule has 2 aromatic carbocycles. The number of benzene rings is 2. The highest BCUT2D eigenvalue weighted by Gasteiger charge is 2.27. The summed E-state index contributed by atoms with van der Waals surface area (Å²) in [7, 11) is 0. The molecule has 1 aliphatic heterocycles. The summed E-state index contributed by atoms with van der Waals surface area (Å²) >= 11 is 7.85. The van der Waals surface area contributed by atoms with E-state index in [9.17, 15) is 9.59 Å². The Labute approximate surface area is 187 Å². The van der Waals surface area contributed by atoms with Crippen LogP contribution in [0.4, 0.5) is 5.69 Å². The third kappa shape index (κ3) is 5.01. The molecule has 0 aromatic heterocycles. The number of halogens is 1. The molecule has 0 radical (unpaired) electrons. The van der Waals surface area contributed by atoms with E-state index in [4.69, 9.17) is 11.6 Å². The van der Waals surface area contributed by atoms with E-state index in [0.717, 1.165) is 29.0 Å². The molecule has 2 aromatic rings. The van der Waals surface area contributed by atoms with Crippen molar-refractivity contribution < 1.29 is 9.59 Å². The highest BCUT2D eigenvalue weighted by molar-refractivity contribution is 8.00. The Hall–Kier alpha value is -1.98. The van der Waals surface area contributed by atoms with Gasteiger partial charge in [0.25, 0.3) is 5.91 Å². The first-order chi connectivity index (χ1) is 14.6. The fourth-order valence-electron chi connectivity index (χ4n) is 4.18. The predicted molar refractivity (Wildman–Crippen MR) is 123 cm³/mol. The van der Waals surface area contributed by atoms with Crippen molar-refractivity contribution in [3.8, 4) is 0 Å². The summed E-state index contributed by atoms with van der Waals surface area (Å²) in [6.45, 7) is 0.403. The Kier molecular flexibility index (Phi) is 7.00. The molecule has 1 aliphatic carbocycles. The van der Waals surface area contributed by atoms with Gasteiger partial charge >= 0.3 is 0 Å². The molecule has 0 atom stereocenters. The number of thioether (sulfide) groups is 1. The maximum absolute atomic E-state index is 13.0. The maximum atomic E-state index is 13.0. The number of carbonyl (C=O) groups is 2. The molecule has 0 saturated heterocycles. The first-order valence-corrected chi connectivity index (χ1v) is 12.1. The van der Waals surface area contributed by atoms with E-state index in [2.05, 4.69) is 5.32 Å². The minimum Gasteiger partial charge on any atom is -0.349 e. The van der Waals surface area contributed by atoms with Gasteiger partial charge in [-0.25, -0.2) is 0 Å². The van der Waals surface area contributed by atoms with Crippen LogP contribution in [0.1, 0.15) is 60.9 Å². The standard InChI is InChI=1S/C24H27ClN2O2S/c25-20-11-7-6-8-18(20)15-27-21-14-17(12-13-22(21)30-16-23(27)28)24(29)26-19-9-4-2-1-3-5-10-19/h6-8,11-14,19H,1-5,9-10,15-16H2,(H,26,29). The van der Waals surface area contributed by atoms with Crippen molar-refractivity contribution >= 4 is 40.9 Å². The number of nitrogens with zero attached hydrogens (tertiary/aromatic N) is 1. The van der Waals surface area contributed by atoms with Crippen LogP contribution in [0.15, 0.2) is 47.4 Å². The molecule has 1 N–H and O–H groups in total. The van der Waals surface area contributed by atoms with Crippen molar-refractivity contribution in [2.45, 2.75) is 62.4 Å². The number of hydrogen-bond donors (Lipinski definition) is 1. The molecule has 1 fully saturated rings. The molecule has 1 heterocycles. The molecule has 2 aliphatic rings. The van der Waals surface area contributed by atoms with Crippen molar-refractivity contribution in [1.82, 2.24) is 5.32 Å². The van der Waals surface area contributed by atoms with E-state index in [1.54, 1.807) is 4.90 Å². The minimum atomic E-state index is -0.0518. The lowest BCUT2D eigenvalue weighted by molar-refractivity contribution is -0.116. The molecular formula is C24H27ClN2O2S. The Morgan fingerprint density at radius 3 is 2.57 bits per heavy atom. The number of amides is 2. The molecule has 4 nitrogen and oxygen atoms in total. The molecule has 1 saturated carbocycles. The van der Waals surface area contributed by atoms with E-state index in [-0.39, 0.29) is 17.9 Å². The summed E-state index contributed by atoms with van der Waals surface area (Å²) in [5.74, 6) is 0.375. The zero-order valence-corrected chi connectivity index (χ0v) is 18.6. The van der Waals surface area contributed by atoms with E-state index in [1.807, 2.05) is 42.5 Å². The number of rotatable bonds is 4. The summed E-state index contributed by atoms with van der Waals surface area (Å²) < 4.78 is 0. The van der Waals surface area contributed by atoms with E-state index in [0.29, 0.717) is 22.9 Å². The van der Waals surface area contributed by atoms with Crippen LogP contribution in [0.3, 0.4) is 0 Å². The largest absolute Gasteiger partial charge is 0.349 e. The Bertz CT molecular complexity index is 925. The van der Waals surface area contributed by atoms with Crippen LogP contribution in [0, 0.1) is 0 Å². The predicted octanol–water partition coefficient (Wildman–Crippen LogP) is 5.82. The molecular weight excluding hydrogens is 416 g/mol. The maximum Gasteiger partial charge on any atom is 0.251 e. The molecule has 6 heteroatoms. The normalized spacial score (nSPS) is 17.8. The Morgan fingerprint density at radius 1 is 1.07 bits per heavy atom. The van der Waals surface area contributed by atoms with Crippen molar-refractivity contribution in [3.63, 3.8) is 0 Å². The minimum absolute atomic E-state index is 0.0324. The Morgan fingerprint density at radius 2 is 1.80 bits per heavy atom. The average molecular weight is 443 g/mol. The van der Waals surface area contributed by atoms with E-state index in [1.165, 1.54) is 43.9 Å². The van der Waals surface area contributed by atoms with Gasteiger partial charge in [0.2, 0.25) is 5.91 Å². The van der Waals surface area contributed by atoms with Gasteiger partial charge in [-0.15, -0.1) is 11.8 Å². The third-order valence-corrected chi connectivity index (χ3v) is 7.31. The van der Waals surface area contributed by atoms with Crippen LogP contribution < -0.4 is 10.2 Å². The number of carbonyl (C=O) groups excluding carboxylic acids is 2. The summed E-state index contributed by atoms with van der Waals surface area (Å²) in [6.07, 6.45) is 8.24. The number of anilines is 1. The van der Waals surface area contributed by atoms with Crippen molar-refractivity contribution in [1.29, 1.82) is 0 Å². The summed E-state index contributed by atoms with van der Waals surface area (Å²) in [5.41, 5.74) is 2.30. The van der Waals surface area contributed by atoms with Gasteiger partial charge in [-0.3, -0.25) is 9.59 Å². The second kappa shape index (κ2) is 9.88. The first kappa shape index (κ1) is 21.3. The zero-order valence-electron chi connectivity index (χ0n) is 17.0. The topological polar surface area (TPSA) is 49.4 Å². The molecule has 2 amide bonds. The highest BCUT2D eigenvalue weighted by Crippen LogP contribution is 2.37. The Balaban J connectivity index is 1.54. The number of nitrogens with one attached hydrogen (secondary N) is 1. The fourth-order valence-corrected chi connectivity index (χ4v) is 5.29. The van der Waals surface area contributed by atoms with Crippen molar-refractivity contribution in [2.24, 2.45) is 0 Å². The van der Waals surface area contributed by atoms with Gasteiger partial charge in [-0.05, 0) is 42.7 Å². The lowest BCUT2D eigenvalue weighted by Crippen LogP contribution is -2.37. The van der Waals surface area contributed by atoms with Gasteiger partial charge in [0.1, 0.15) is 0 Å². The van der Waals surface area contributed by atoms with Gasteiger partial charge in [0, 0.05) is 21.5 Å². The fraction of sp³-hybridized carbons (Fsp3) is 0.417. The van der Waals surface area contributed by atoms with Gasteiger partial charge in [0.15, 0.2) is 0 Å². The molecule has 158 valence electrons. The number of hydrogen-bond acceptors (Lipinski definition) is 3. The lowest BCUT2D eigenvalue weighted by atomic mass is 9.96. The second-order valence-electron chi connectivity index (χ2n) is 8.06. The first-order valence-electron chi connectivity index (χ1n) is 10.7. The molecule has 0 bridgehead atoms. The second-order valence-corrected chi connectivity index (χ2v) is 9.48. The number of fused-ring (bicyclic) bond motifs is 1. The van der Waals surface area contributed by atoms with E-state index >= 15 is 0 Å². The van der Waals surface area contributed by atoms with Crippen LogP contribution in [0.5, 0.6) is 0 Å². The van der Waals surface area contributed by atoms with Gasteiger partial charge in [-0.2, -0.15) is 0 Å². The van der Waals surface area contributed by atoms with Crippen LogP contribution >= 0.6 is 23.4 Å². The smallest absolute Gasteiger partial charge is 0.251 e. The van der Waals surface area contributed by atoms with E-state index < -0.39 is 0 Å². The zero-order chi connectivity index (χ0) is 20.9. The monoisotopic (exact) mass is 442 g/mol. The van der Waals surface area contributed by atoms with Gasteiger partial charge in [0.05, 0.1) is 18.0 Å². The third-order valence-electron chi connectivity index (χ3n) is 5.89. The lowest BCUT2D eigenvalue weighted by Gasteiger charge is -2.30. The van der Waals surface area contributed by atoms with Gasteiger partial charge in [-0.1, -0.05) is 61.9 Å². The summed E-state index contributed by atoms with van der Waals surface area (Å²) in [5, 5.41) is 3.87. The average Bonchev–Trinajstić information content (AvgIpc) is 2.73. The van der Waals surface area contributed by atoms with Crippen molar-refractivity contribution in [3.05, 3.63) is 58.6 Å². The van der Waals surface area contributed by atoms with Crippen LogP contribution in [0.2, 0.25) is 5.02 Å². The molecule has 4 rings (SSSR count). The molecule has 30 heavy (non-hydrogen) atoms. The SMILES string of the molecule is O=C(NC1CCCCCCC1)c1ccc2c(c1)N(Cc1ccccc1Cl)C(=O)CS2. The summed E-state index contributed by atoms with van der Waals surface area (Å²) in [4.78, 5) is 28.4. The van der Waals surface area contributed by atoms with Gasteiger partial charge < -0.3 is 10.2 Å². The van der Waals surface area contributed by atoms with Crippen LogP contribution in [-0.2, 0) is 11.3 Å². The van der Waals surface area contributed by atoms with Crippen LogP contribution in [-0.4, -0.2) is 23.6 Å². The van der Waals surface area contributed by atoms with Crippen LogP contribution in [0.25, 0.3) is 0 Å². The molecule has 0 spiro atoms.